The molecule has 0 spiro atoms. The number of fused-ring (bicyclic) bond motifs is 2. The predicted octanol–water partition coefficient (Wildman–Crippen LogP) is 2.81. The van der Waals surface area contributed by atoms with Gasteiger partial charge in [0.25, 0.3) is 0 Å². The summed E-state index contributed by atoms with van der Waals surface area (Å²) in [5, 5.41) is 4.06. The number of hydrogen-bond acceptors (Lipinski definition) is 11. The summed E-state index contributed by atoms with van der Waals surface area (Å²) in [6, 6.07) is 0. The molecule has 0 bridgehead atoms. The summed E-state index contributed by atoms with van der Waals surface area (Å²) in [4.78, 5) is 15.8. The Morgan fingerprint density at radius 3 is 2.94 bits per heavy atom. The van der Waals surface area contributed by atoms with Gasteiger partial charge in [-0.25, -0.2) is 4.98 Å². The number of rotatable bonds is 6. The van der Waals surface area contributed by atoms with Gasteiger partial charge >= 0.3 is 7.60 Å². The van der Waals surface area contributed by atoms with Crippen LogP contribution in [0.2, 0.25) is 0 Å². The molecule has 14 nitrogen and oxygen atoms in total. The van der Waals surface area contributed by atoms with Crippen molar-refractivity contribution in [2.75, 3.05) is 38.3 Å². The smallest absolute Gasteiger partial charge is 0.331 e. The van der Waals surface area contributed by atoms with Crippen LogP contribution >= 0.6 is 7.60 Å². The molecule has 5 rings (SSSR count). The van der Waals surface area contributed by atoms with Gasteiger partial charge in [0.2, 0.25) is 11.8 Å². The van der Waals surface area contributed by atoms with E-state index in [0.29, 0.717) is 31.0 Å². The lowest BCUT2D eigenvalue weighted by Gasteiger charge is -2.37. The van der Waals surface area contributed by atoms with Gasteiger partial charge in [0.1, 0.15) is 17.7 Å². The number of hydrogen-bond donors (Lipinski definition) is 1. The molecule has 3 aliphatic heterocycles. The largest absolute Gasteiger partial charge is 0.476 e. The summed E-state index contributed by atoms with van der Waals surface area (Å²) in [6.45, 7) is 5.19. The van der Waals surface area contributed by atoms with Crippen LogP contribution in [0.1, 0.15) is 32.9 Å². The van der Waals surface area contributed by atoms with Gasteiger partial charge in [-0.15, -0.1) is 0 Å². The topological polar surface area (TPSA) is 182 Å². The van der Waals surface area contributed by atoms with E-state index in [9.17, 15) is 10.1 Å². The van der Waals surface area contributed by atoms with E-state index >= 15 is 0 Å². The van der Waals surface area contributed by atoms with E-state index in [2.05, 4.69) is 25.0 Å². The van der Waals surface area contributed by atoms with E-state index in [1.54, 1.807) is 11.5 Å². The molecule has 3 fully saturated rings. The van der Waals surface area contributed by atoms with E-state index in [-0.39, 0.29) is 30.5 Å². The van der Waals surface area contributed by atoms with Crippen LogP contribution in [0.15, 0.2) is 11.4 Å². The van der Waals surface area contributed by atoms with Crippen LogP contribution in [-0.4, -0.2) is 69.9 Å². The van der Waals surface area contributed by atoms with Crippen molar-refractivity contribution >= 4 is 24.7 Å². The molecule has 0 aliphatic carbocycles. The number of azide groups is 1. The molecule has 2 aromatic rings. The Morgan fingerprint density at radius 1 is 1.41 bits per heavy atom. The van der Waals surface area contributed by atoms with Crippen LogP contribution < -0.4 is 10.5 Å². The third-order valence-corrected chi connectivity index (χ3v) is 8.50. The van der Waals surface area contributed by atoms with Gasteiger partial charge in [-0.1, -0.05) is 5.11 Å². The van der Waals surface area contributed by atoms with Gasteiger partial charge < -0.3 is 29.0 Å². The summed E-state index contributed by atoms with van der Waals surface area (Å²) in [5.74, 6) is 0.415. The second kappa shape index (κ2) is 8.95. The van der Waals surface area contributed by atoms with Gasteiger partial charge in [-0.3, -0.25) is 9.13 Å². The molecule has 5 atom stereocenters. The van der Waals surface area contributed by atoms with Gasteiger partial charge in [0.15, 0.2) is 17.4 Å². The van der Waals surface area contributed by atoms with Crippen LogP contribution in [0.25, 0.3) is 21.6 Å². The molecule has 3 saturated heterocycles. The fourth-order valence-electron chi connectivity index (χ4n) is 4.79. The Hall–Kier alpha value is -2.47. The number of nitrogen functional groups attached to an aromatic ring is 1. The number of nitrogens with two attached hydrogens (primary N) is 1. The minimum Gasteiger partial charge on any atom is -0.476 e. The quantitative estimate of drug-likeness (QED) is 0.271. The van der Waals surface area contributed by atoms with Gasteiger partial charge in [-0.05, 0) is 38.1 Å². The number of anilines is 1. The third-order valence-electron chi connectivity index (χ3n) is 6.45. The highest BCUT2D eigenvalue weighted by molar-refractivity contribution is 7.53. The molecule has 2 aromatic heterocycles. The molecule has 15 heteroatoms. The summed E-state index contributed by atoms with van der Waals surface area (Å²) in [5.41, 5.74) is 14.8. The van der Waals surface area contributed by atoms with Crippen molar-refractivity contribution in [3.63, 3.8) is 0 Å². The lowest BCUT2D eigenvalue weighted by molar-refractivity contribution is -0.0579. The Labute approximate surface area is 195 Å². The normalized spacial score (nSPS) is 34.0. The Morgan fingerprint density at radius 2 is 2.21 bits per heavy atom. The van der Waals surface area contributed by atoms with Crippen molar-refractivity contribution in [3.05, 3.63) is 16.8 Å². The van der Waals surface area contributed by atoms with Crippen molar-refractivity contribution < 1.29 is 27.8 Å². The van der Waals surface area contributed by atoms with Crippen LogP contribution in [0, 0.1) is 5.92 Å². The maximum atomic E-state index is 13.6. The molecule has 0 radical (unpaired) electrons. The Bertz CT molecular complexity index is 1170. The fraction of sp³-hybridized carbons (Fsp3) is 0.737. The highest BCUT2D eigenvalue weighted by Gasteiger charge is 2.60. The maximum absolute atomic E-state index is 13.6. The average molecular weight is 494 g/mol. The number of ether oxygens (including phenoxy) is 3. The molecule has 5 heterocycles. The van der Waals surface area contributed by atoms with Crippen molar-refractivity contribution in [1.29, 1.82) is 0 Å². The van der Waals surface area contributed by atoms with Crippen molar-refractivity contribution in [3.8, 4) is 5.88 Å². The Balaban J connectivity index is 1.49. The summed E-state index contributed by atoms with van der Waals surface area (Å²) < 4.78 is 44.1. The van der Waals surface area contributed by atoms with Crippen LogP contribution in [0.3, 0.4) is 0 Å². The summed E-state index contributed by atoms with van der Waals surface area (Å²) >= 11 is 0. The summed E-state index contributed by atoms with van der Waals surface area (Å²) in [7, 11) is -3.44. The lowest BCUT2D eigenvalue weighted by Crippen LogP contribution is -2.46. The molecule has 0 amide bonds. The molecular formula is C19H27N8O6P. The maximum Gasteiger partial charge on any atom is 0.331 e. The first-order chi connectivity index (χ1) is 16.4. The summed E-state index contributed by atoms with van der Waals surface area (Å²) in [6.07, 6.45) is 1.09. The van der Waals surface area contributed by atoms with Crippen molar-refractivity contribution in [1.82, 2.24) is 19.5 Å². The van der Waals surface area contributed by atoms with Crippen LogP contribution in [0.4, 0.5) is 5.95 Å². The third kappa shape index (κ3) is 4.00. The standard InChI is InChI=1S/C19H27N8O6P/c1-3-30-16-13-15(23-18(20)24-16)27(10-22-13)17-19(2,25-26-21)14-12(32-17)8-31-34(28,33-14)9-11-4-6-29-7-5-11/h10-12,14,17H,3-9H2,1-2H3,(H2,20,23,24)/t12-,14-,17-,19-,34?/m1/s1. The van der Waals surface area contributed by atoms with Crippen molar-refractivity contribution in [2.45, 2.75) is 50.7 Å². The van der Waals surface area contributed by atoms with Gasteiger partial charge in [0.05, 0.1) is 25.7 Å². The van der Waals surface area contributed by atoms with Gasteiger partial charge in [-0.2, -0.15) is 9.97 Å². The Kier molecular flexibility index (Phi) is 6.13. The van der Waals surface area contributed by atoms with Crippen LogP contribution in [0.5, 0.6) is 5.88 Å². The van der Waals surface area contributed by atoms with E-state index in [1.165, 1.54) is 6.33 Å². The average Bonchev–Trinajstić information content (AvgIpc) is 3.33. The SMILES string of the molecule is CCOc1nc(N)nc2c1ncn2[C@@H]1O[C@@H]2COP(=O)(CC3CCOCC3)O[C@H]2[C@@]1(C)N=[N+]=[N-]. The predicted molar refractivity (Wildman–Crippen MR) is 119 cm³/mol. The zero-order chi connectivity index (χ0) is 23.9. The minimum atomic E-state index is -3.44. The van der Waals surface area contributed by atoms with Gasteiger partial charge in [0, 0.05) is 18.1 Å². The minimum absolute atomic E-state index is 0.000790. The number of imidazole rings is 1. The zero-order valence-electron chi connectivity index (χ0n) is 18.9. The first-order valence-corrected chi connectivity index (χ1v) is 12.9. The lowest BCUT2D eigenvalue weighted by atomic mass is 9.93. The second-order valence-corrected chi connectivity index (χ2v) is 10.8. The molecule has 2 N–H and O–H groups in total. The molecule has 0 aromatic carbocycles. The fourth-order valence-corrected chi connectivity index (χ4v) is 7.11. The molecule has 184 valence electrons. The first kappa shape index (κ1) is 23.3. The molecular weight excluding hydrogens is 467 g/mol. The monoisotopic (exact) mass is 494 g/mol. The molecule has 1 unspecified atom stereocenters. The van der Waals surface area contributed by atoms with Crippen LogP contribution in [-0.2, 0) is 23.1 Å². The zero-order valence-corrected chi connectivity index (χ0v) is 19.8. The molecule has 34 heavy (non-hydrogen) atoms. The number of aromatic nitrogens is 4. The van der Waals surface area contributed by atoms with E-state index in [1.807, 2.05) is 6.92 Å². The van der Waals surface area contributed by atoms with Crippen molar-refractivity contribution in [2.24, 2.45) is 11.0 Å². The molecule has 3 aliphatic rings. The highest BCUT2D eigenvalue weighted by atomic mass is 31.2. The molecule has 0 saturated carbocycles. The van der Waals surface area contributed by atoms with E-state index in [0.717, 1.165) is 12.8 Å². The first-order valence-electron chi connectivity index (χ1n) is 11.2. The second-order valence-electron chi connectivity index (χ2n) is 8.76. The van der Waals surface area contributed by atoms with E-state index in [4.69, 9.17) is 29.0 Å². The highest BCUT2D eigenvalue weighted by Crippen LogP contribution is 2.60. The van der Waals surface area contributed by atoms with E-state index < -0.39 is 31.6 Å². The number of nitrogens with zero attached hydrogens (tertiary/aromatic N) is 7.